The highest BCUT2D eigenvalue weighted by molar-refractivity contribution is 5.81. The van der Waals surface area contributed by atoms with Gasteiger partial charge in [-0.3, -0.25) is 0 Å². The van der Waals surface area contributed by atoms with Gasteiger partial charge in [0.2, 0.25) is 0 Å². The van der Waals surface area contributed by atoms with E-state index in [0.29, 0.717) is 22.6 Å². The molecule has 5 nitrogen and oxygen atoms in total. The molecular formula is C16H14N4O. The first-order chi connectivity index (χ1) is 10.2. The van der Waals surface area contributed by atoms with Crippen LogP contribution in [0.3, 0.4) is 0 Å². The van der Waals surface area contributed by atoms with E-state index < -0.39 is 0 Å². The van der Waals surface area contributed by atoms with Gasteiger partial charge in [0, 0.05) is 11.8 Å². The summed E-state index contributed by atoms with van der Waals surface area (Å²) in [6, 6.07) is 11.5. The van der Waals surface area contributed by atoms with E-state index >= 15 is 0 Å². The SMILES string of the molecule is CC(C)Oc1ccc(-c2nc3nccc(C#N)c3[nH]2)cc1. The molecule has 0 aliphatic rings. The van der Waals surface area contributed by atoms with E-state index in [4.69, 9.17) is 10.00 Å². The van der Waals surface area contributed by atoms with Crippen molar-refractivity contribution in [2.45, 2.75) is 20.0 Å². The van der Waals surface area contributed by atoms with Gasteiger partial charge in [-0.2, -0.15) is 5.26 Å². The Kier molecular flexibility index (Phi) is 3.28. The molecular weight excluding hydrogens is 264 g/mol. The van der Waals surface area contributed by atoms with Crippen molar-refractivity contribution in [3.8, 4) is 23.2 Å². The Morgan fingerprint density at radius 3 is 2.62 bits per heavy atom. The quantitative estimate of drug-likeness (QED) is 0.797. The summed E-state index contributed by atoms with van der Waals surface area (Å²) < 4.78 is 5.61. The van der Waals surface area contributed by atoms with Crippen LogP contribution in [0.25, 0.3) is 22.6 Å². The van der Waals surface area contributed by atoms with E-state index in [1.165, 1.54) is 0 Å². The molecule has 3 rings (SSSR count). The van der Waals surface area contributed by atoms with Crippen LogP contribution >= 0.6 is 0 Å². The van der Waals surface area contributed by atoms with Gasteiger partial charge < -0.3 is 9.72 Å². The molecule has 0 saturated heterocycles. The summed E-state index contributed by atoms with van der Waals surface area (Å²) in [6.07, 6.45) is 1.73. The van der Waals surface area contributed by atoms with Crippen LogP contribution in [0.2, 0.25) is 0 Å². The third-order valence-electron chi connectivity index (χ3n) is 3.01. The Balaban J connectivity index is 1.99. The number of aromatic nitrogens is 3. The van der Waals surface area contributed by atoms with E-state index in [0.717, 1.165) is 11.3 Å². The molecule has 0 radical (unpaired) electrons. The van der Waals surface area contributed by atoms with Gasteiger partial charge in [0.15, 0.2) is 5.65 Å². The molecule has 0 aliphatic carbocycles. The van der Waals surface area contributed by atoms with E-state index in [9.17, 15) is 0 Å². The monoisotopic (exact) mass is 278 g/mol. The lowest BCUT2D eigenvalue weighted by Gasteiger charge is -2.09. The number of nitrogens with zero attached hydrogens (tertiary/aromatic N) is 3. The maximum Gasteiger partial charge on any atom is 0.179 e. The van der Waals surface area contributed by atoms with Crippen molar-refractivity contribution in [3.63, 3.8) is 0 Å². The van der Waals surface area contributed by atoms with E-state index in [1.807, 2.05) is 38.1 Å². The first kappa shape index (κ1) is 13.1. The second kappa shape index (κ2) is 5.25. The highest BCUT2D eigenvalue weighted by Crippen LogP contribution is 2.23. The van der Waals surface area contributed by atoms with Crippen molar-refractivity contribution in [2.75, 3.05) is 0 Å². The van der Waals surface area contributed by atoms with E-state index in [2.05, 4.69) is 21.0 Å². The number of H-pyrrole nitrogens is 1. The highest BCUT2D eigenvalue weighted by Gasteiger charge is 2.09. The lowest BCUT2D eigenvalue weighted by Crippen LogP contribution is -2.05. The Bertz CT molecular complexity index is 812. The van der Waals surface area contributed by atoms with Gasteiger partial charge in [0.25, 0.3) is 0 Å². The van der Waals surface area contributed by atoms with Crippen molar-refractivity contribution in [1.29, 1.82) is 5.26 Å². The minimum atomic E-state index is 0.143. The lowest BCUT2D eigenvalue weighted by molar-refractivity contribution is 0.242. The second-order valence-corrected chi connectivity index (χ2v) is 4.95. The average Bonchev–Trinajstić information content (AvgIpc) is 2.91. The van der Waals surface area contributed by atoms with Crippen LogP contribution in [-0.2, 0) is 0 Å². The molecule has 0 saturated carbocycles. The fraction of sp³-hybridized carbons (Fsp3) is 0.188. The van der Waals surface area contributed by atoms with Crippen LogP contribution in [0.1, 0.15) is 19.4 Å². The molecule has 0 amide bonds. The van der Waals surface area contributed by atoms with Crippen LogP contribution in [0.15, 0.2) is 36.5 Å². The number of fused-ring (bicyclic) bond motifs is 1. The van der Waals surface area contributed by atoms with Crippen molar-refractivity contribution in [3.05, 3.63) is 42.1 Å². The fourth-order valence-electron chi connectivity index (χ4n) is 2.10. The van der Waals surface area contributed by atoms with Gasteiger partial charge in [-0.15, -0.1) is 0 Å². The summed E-state index contributed by atoms with van der Waals surface area (Å²) in [7, 11) is 0. The van der Waals surface area contributed by atoms with Crippen LogP contribution in [0.5, 0.6) is 5.75 Å². The molecule has 0 atom stereocenters. The number of ether oxygens (including phenoxy) is 1. The molecule has 3 aromatic rings. The maximum absolute atomic E-state index is 9.09. The number of benzene rings is 1. The zero-order valence-electron chi connectivity index (χ0n) is 11.8. The molecule has 5 heteroatoms. The topological polar surface area (TPSA) is 74.6 Å². The van der Waals surface area contributed by atoms with Crippen LogP contribution in [0.4, 0.5) is 0 Å². The van der Waals surface area contributed by atoms with Gasteiger partial charge in [-0.05, 0) is 44.2 Å². The average molecular weight is 278 g/mol. The summed E-state index contributed by atoms with van der Waals surface area (Å²) in [4.78, 5) is 11.8. The molecule has 21 heavy (non-hydrogen) atoms. The number of nitrogens with one attached hydrogen (secondary N) is 1. The summed E-state index contributed by atoms with van der Waals surface area (Å²) in [6.45, 7) is 3.98. The minimum Gasteiger partial charge on any atom is -0.491 e. The minimum absolute atomic E-state index is 0.143. The lowest BCUT2D eigenvalue weighted by atomic mass is 10.2. The van der Waals surface area contributed by atoms with Gasteiger partial charge in [-0.1, -0.05) is 0 Å². The summed E-state index contributed by atoms with van der Waals surface area (Å²) >= 11 is 0. The molecule has 104 valence electrons. The standard InChI is InChI=1S/C16H14N4O/c1-10(2)21-13-5-3-11(4-6-13)15-19-14-12(9-17)7-8-18-16(14)20-15/h3-8,10H,1-2H3,(H,18,19,20). The molecule has 0 bridgehead atoms. The Morgan fingerprint density at radius 2 is 1.95 bits per heavy atom. The van der Waals surface area contributed by atoms with Gasteiger partial charge >= 0.3 is 0 Å². The van der Waals surface area contributed by atoms with Gasteiger partial charge in [0.1, 0.15) is 23.2 Å². The number of hydrogen-bond acceptors (Lipinski definition) is 4. The number of pyridine rings is 1. The molecule has 1 aromatic carbocycles. The third-order valence-corrected chi connectivity index (χ3v) is 3.01. The van der Waals surface area contributed by atoms with Crippen LogP contribution in [0, 0.1) is 11.3 Å². The number of hydrogen-bond donors (Lipinski definition) is 1. The highest BCUT2D eigenvalue weighted by atomic mass is 16.5. The third kappa shape index (κ3) is 2.56. The number of nitriles is 1. The van der Waals surface area contributed by atoms with Crippen LogP contribution < -0.4 is 4.74 Å². The Labute approximate surface area is 122 Å². The maximum atomic E-state index is 9.09. The summed E-state index contributed by atoms with van der Waals surface area (Å²) in [5.41, 5.74) is 2.68. The fourth-order valence-corrected chi connectivity index (χ4v) is 2.10. The van der Waals surface area contributed by atoms with Gasteiger partial charge in [-0.25, -0.2) is 9.97 Å². The predicted octanol–water partition coefficient (Wildman–Crippen LogP) is 3.28. The first-order valence-corrected chi connectivity index (χ1v) is 6.69. The second-order valence-electron chi connectivity index (χ2n) is 4.95. The van der Waals surface area contributed by atoms with Crippen molar-refractivity contribution in [2.24, 2.45) is 0 Å². The largest absolute Gasteiger partial charge is 0.491 e. The van der Waals surface area contributed by atoms with E-state index in [1.54, 1.807) is 12.3 Å². The smallest absolute Gasteiger partial charge is 0.179 e. The molecule has 2 heterocycles. The molecule has 2 aromatic heterocycles. The number of aromatic amines is 1. The predicted molar refractivity (Wildman–Crippen MR) is 79.8 cm³/mol. The summed E-state index contributed by atoms with van der Waals surface area (Å²) in [5, 5.41) is 9.09. The van der Waals surface area contributed by atoms with Crippen molar-refractivity contribution < 1.29 is 4.74 Å². The number of imidazole rings is 1. The first-order valence-electron chi connectivity index (χ1n) is 6.69. The zero-order chi connectivity index (χ0) is 14.8. The Hall–Kier alpha value is -2.87. The Morgan fingerprint density at radius 1 is 1.19 bits per heavy atom. The number of rotatable bonds is 3. The van der Waals surface area contributed by atoms with Crippen molar-refractivity contribution >= 4 is 11.2 Å². The molecule has 0 unspecified atom stereocenters. The molecule has 0 aliphatic heterocycles. The van der Waals surface area contributed by atoms with Crippen molar-refractivity contribution in [1.82, 2.24) is 15.0 Å². The van der Waals surface area contributed by atoms with Gasteiger partial charge in [0.05, 0.1) is 11.7 Å². The molecule has 0 fully saturated rings. The van der Waals surface area contributed by atoms with E-state index in [-0.39, 0.29) is 6.10 Å². The van der Waals surface area contributed by atoms with Crippen LogP contribution in [-0.4, -0.2) is 21.1 Å². The summed E-state index contributed by atoms with van der Waals surface area (Å²) in [5.74, 6) is 1.51. The zero-order valence-corrected chi connectivity index (χ0v) is 11.8. The molecule has 1 N–H and O–H groups in total. The molecule has 0 spiro atoms. The normalized spacial score (nSPS) is 10.8.